The molecule has 0 atom stereocenters. The summed E-state index contributed by atoms with van der Waals surface area (Å²) in [5.74, 6) is 0.342. The van der Waals surface area contributed by atoms with Gasteiger partial charge in [0.2, 0.25) is 0 Å². The predicted octanol–water partition coefficient (Wildman–Crippen LogP) is 5.56. The van der Waals surface area contributed by atoms with E-state index in [0.29, 0.717) is 5.92 Å². The van der Waals surface area contributed by atoms with Crippen molar-refractivity contribution in [1.82, 2.24) is 0 Å². The Morgan fingerprint density at radius 1 is 0.708 bits per heavy atom. The van der Waals surface area contributed by atoms with Gasteiger partial charge in [0.1, 0.15) is 0 Å². The molecule has 24 heavy (non-hydrogen) atoms. The number of hydrogen-bond donors (Lipinski definition) is 0. The average Bonchev–Trinajstić information content (AvgIpc) is 2.66. The van der Waals surface area contributed by atoms with Crippen LogP contribution in [0.2, 0.25) is 0 Å². The Morgan fingerprint density at radius 3 is 1.54 bits per heavy atom. The molecule has 0 saturated carbocycles. The molecule has 0 heteroatoms. The van der Waals surface area contributed by atoms with Gasteiger partial charge in [-0.1, -0.05) is 72.8 Å². The smallest absolute Gasteiger partial charge is 0.0714 e. The molecule has 0 aliphatic heterocycles. The minimum atomic E-state index is -0.231. The van der Waals surface area contributed by atoms with E-state index in [1.165, 1.54) is 33.4 Å². The molecule has 3 aromatic rings. The van der Waals surface area contributed by atoms with Crippen LogP contribution in [0.1, 0.15) is 46.2 Å². The van der Waals surface area contributed by atoms with Crippen molar-refractivity contribution in [3.8, 4) is 0 Å². The van der Waals surface area contributed by atoms with E-state index in [2.05, 4.69) is 84.6 Å². The molecule has 0 unspecified atom stereocenters. The Balaban J connectivity index is 2.02. The molecular weight excluding hydrogens is 288 g/mol. The van der Waals surface area contributed by atoms with Crippen LogP contribution < -0.4 is 0 Å². The summed E-state index contributed by atoms with van der Waals surface area (Å²) in [6.07, 6.45) is 4.27. The highest BCUT2D eigenvalue weighted by molar-refractivity contribution is 5.73. The number of rotatable bonds is 1. The molecule has 6 rings (SSSR count). The summed E-state index contributed by atoms with van der Waals surface area (Å²) in [5, 5.41) is 0. The number of benzene rings is 3. The Morgan fingerprint density at radius 2 is 1.12 bits per heavy atom. The van der Waals surface area contributed by atoms with E-state index in [-0.39, 0.29) is 5.41 Å². The summed E-state index contributed by atoms with van der Waals surface area (Å²) < 4.78 is 0. The lowest BCUT2D eigenvalue weighted by Crippen LogP contribution is -2.40. The van der Waals surface area contributed by atoms with Gasteiger partial charge in [0.15, 0.2) is 0 Å². The first-order valence-electron chi connectivity index (χ1n) is 8.54. The third kappa shape index (κ3) is 1.49. The second-order valence-corrected chi connectivity index (χ2v) is 6.60. The standard InChI is InChI=1S/C24H18/c1-2-3-16-24-20-13-7-4-10-17(20)23(18-11-5-8-14-21(18)24)19-12-6-9-15-22(19)24/h2,4-16,23H,1H3. The van der Waals surface area contributed by atoms with E-state index in [1.807, 2.05) is 13.0 Å². The van der Waals surface area contributed by atoms with Gasteiger partial charge in [0.05, 0.1) is 5.41 Å². The van der Waals surface area contributed by atoms with E-state index in [1.54, 1.807) is 0 Å². The second-order valence-electron chi connectivity index (χ2n) is 6.60. The van der Waals surface area contributed by atoms with E-state index in [0.717, 1.165) is 0 Å². The van der Waals surface area contributed by atoms with Gasteiger partial charge in [-0.15, -0.1) is 5.73 Å². The van der Waals surface area contributed by atoms with Crippen molar-refractivity contribution in [2.75, 3.05) is 0 Å². The van der Waals surface area contributed by atoms with Crippen LogP contribution >= 0.6 is 0 Å². The van der Waals surface area contributed by atoms with Crippen LogP contribution in [0.25, 0.3) is 0 Å². The van der Waals surface area contributed by atoms with Gasteiger partial charge in [0, 0.05) is 5.92 Å². The largest absolute Gasteiger partial charge is 0.128 e. The van der Waals surface area contributed by atoms with Crippen LogP contribution in [-0.2, 0) is 5.41 Å². The number of allylic oxidation sites excluding steroid dienone is 1. The second kappa shape index (κ2) is 4.84. The maximum absolute atomic E-state index is 3.41. The lowest BCUT2D eigenvalue weighted by atomic mass is 9.53. The molecule has 114 valence electrons. The molecule has 0 aromatic heterocycles. The van der Waals surface area contributed by atoms with Crippen molar-refractivity contribution in [3.05, 3.63) is 124 Å². The highest BCUT2D eigenvalue weighted by Crippen LogP contribution is 2.59. The summed E-state index contributed by atoms with van der Waals surface area (Å²) >= 11 is 0. The Bertz CT molecular complexity index is 900. The molecular formula is C24H18. The van der Waals surface area contributed by atoms with Gasteiger partial charge in [-0.05, 0) is 52.5 Å². The summed E-state index contributed by atoms with van der Waals surface area (Å²) in [6.45, 7) is 2.03. The third-order valence-electron chi connectivity index (χ3n) is 5.56. The molecule has 3 aromatic carbocycles. The Hall–Kier alpha value is -2.82. The van der Waals surface area contributed by atoms with Crippen molar-refractivity contribution < 1.29 is 0 Å². The minimum Gasteiger partial charge on any atom is -0.128 e. The van der Waals surface area contributed by atoms with Crippen LogP contribution in [-0.4, -0.2) is 0 Å². The Labute approximate surface area is 142 Å². The molecule has 2 bridgehead atoms. The monoisotopic (exact) mass is 306 g/mol. The predicted molar refractivity (Wildman–Crippen MR) is 98.5 cm³/mol. The van der Waals surface area contributed by atoms with Gasteiger partial charge in [-0.2, -0.15) is 0 Å². The Kier molecular flexibility index (Phi) is 2.74. The molecule has 0 saturated heterocycles. The molecule has 0 N–H and O–H groups in total. The molecule has 0 radical (unpaired) electrons. The molecule has 0 amide bonds. The minimum absolute atomic E-state index is 0.231. The topological polar surface area (TPSA) is 0 Å². The maximum Gasteiger partial charge on any atom is 0.0714 e. The first kappa shape index (κ1) is 13.6. The van der Waals surface area contributed by atoms with E-state index in [9.17, 15) is 0 Å². The van der Waals surface area contributed by atoms with E-state index >= 15 is 0 Å². The molecule has 3 aliphatic carbocycles. The normalized spacial score (nSPS) is 22.0. The summed E-state index contributed by atoms with van der Waals surface area (Å²) in [4.78, 5) is 0. The quantitative estimate of drug-likeness (QED) is 0.516. The molecule has 0 nitrogen and oxygen atoms in total. The summed E-state index contributed by atoms with van der Waals surface area (Å²) in [6, 6.07) is 26.8. The van der Waals surface area contributed by atoms with Crippen molar-refractivity contribution in [1.29, 1.82) is 0 Å². The maximum atomic E-state index is 3.41. The van der Waals surface area contributed by atoms with Gasteiger partial charge in [-0.25, -0.2) is 0 Å². The van der Waals surface area contributed by atoms with Crippen LogP contribution in [0.4, 0.5) is 0 Å². The zero-order valence-corrected chi connectivity index (χ0v) is 13.7. The fourth-order valence-corrected chi connectivity index (χ4v) is 4.70. The lowest BCUT2D eigenvalue weighted by Gasteiger charge is -2.49. The van der Waals surface area contributed by atoms with Gasteiger partial charge < -0.3 is 0 Å². The highest BCUT2D eigenvalue weighted by atomic mass is 14.5. The van der Waals surface area contributed by atoms with Crippen molar-refractivity contribution >= 4 is 0 Å². The fourth-order valence-electron chi connectivity index (χ4n) is 4.70. The SMILES string of the molecule is CC=C=CC12c3ccccc3C(c3ccccc31)c1ccccc12. The highest BCUT2D eigenvalue weighted by Gasteiger charge is 2.49. The molecule has 0 spiro atoms. The molecule has 0 heterocycles. The zero-order valence-electron chi connectivity index (χ0n) is 13.7. The van der Waals surface area contributed by atoms with Crippen LogP contribution in [0.5, 0.6) is 0 Å². The van der Waals surface area contributed by atoms with Crippen LogP contribution in [0, 0.1) is 0 Å². The fraction of sp³-hybridized carbons (Fsp3) is 0.125. The molecule has 3 aliphatic rings. The van der Waals surface area contributed by atoms with Crippen molar-refractivity contribution in [2.45, 2.75) is 18.3 Å². The number of hydrogen-bond acceptors (Lipinski definition) is 0. The summed E-state index contributed by atoms with van der Waals surface area (Å²) in [7, 11) is 0. The van der Waals surface area contributed by atoms with Gasteiger partial charge >= 0.3 is 0 Å². The van der Waals surface area contributed by atoms with Gasteiger partial charge in [-0.3, -0.25) is 0 Å². The lowest BCUT2D eigenvalue weighted by molar-refractivity contribution is 0.649. The first-order chi connectivity index (χ1) is 11.9. The van der Waals surface area contributed by atoms with Crippen LogP contribution in [0.15, 0.2) is 90.7 Å². The first-order valence-corrected chi connectivity index (χ1v) is 8.54. The van der Waals surface area contributed by atoms with Crippen LogP contribution in [0.3, 0.4) is 0 Å². The van der Waals surface area contributed by atoms with E-state index in [4.69, 9.17) is 0 Å². The average molecular weight is 306 g/mol. The zero-order chi connectivity index (χ0) is 16.1. The summed E-state index contributed by atoms with van der Waals surface area (Å²) in [5.41, 5.74) is 11.7. The van der Waals surface area contributed by atoms with Gasteiger partial charge in [0.25, 0.3) is 0 Å². The molecule has 0 fully saturated rings. The third-order valence-corrected chi connectivity index (χ3v) is 5.56. The van der Waals surface area contributed by atoms with Crippen molar-refractivity contribution in [3.63, 3.8) is 0 Å². The van der Waals surface area contributed by atoms with Crippen molar-refractivity contribution in [2.24, 2.45) is 0 Å². The van der Waals surface area contributed by atoms with E-state index < -0.39 is 0 Å².